The van der Waals surface area contributed by atoms with Crippen molar-refractivity contribution in [3.05, 3.63) is 66.4 Å². The molecule has 136 valence electrons. The van der Waals surface area contributed by atoms with Crippen molar-refractivity contribution in [3.63, 3.8) is 0 Å². The van der Waals surface area contributed by atoms with Gasteiger partial charge in [-0.1, -0.05) is 24.3 Å². The minimum Gasteiger partial charge on any atom is -0.481 e. The number of aliphatic carboxylic acids is 1. The predicted molar refractivity (Wildman–Crippen MR) is 103 cm³/mol. The highest BCUT2D eigenvalue weighted by Gasteiger charge is 2.05. The van der Waals surface area contributed by atoms with Gasteiger partial charge in [0.2, 0.25) is 11.9 Å². The SMILES string of the molecule is CC(=O)Nc1ccc(-c2ccnc(Nc3ccc(CC(=O)O)cc3)n2)cc1. The molecular formula is C20H18N4O3. The molecule has 0 atom stereocenters. The third-order valence-corrected chi connectivity index (χ3v) is 3.72. The Balaban J connectivity index is 1.73. The molecular weight excluding hydrogens is 344 g/mol. The van der Waals surface area contributed by atoms with Crippen LogP contribution in [0.1, 0.15) is 12.5 Å². The van der Waals surface area contributed by atoms with Crippen LogP contribution in [-0.4, -0.2) is 27.0 Å². The Kier molecular flexibility index (Phi) is 5.41. The number of amides is 1. The first kappa shape index (κ1) is 18.1. The van der Waals surface area contributed by atoms with Gasteiger partial charge in [0.25, 0.3) is 0 Å². The van der Waals surface area contributed by atoms with E-state index in [9.17, 15) is 9.59 Å². The number of aromatic nitrogens is 2. The lowest BCUT2D eigenvalue weighted by Gasteiger charge is -2.08. The Labute approximate surface area is 156 Å². The smallest absolute Gasteiger partial charge is 0.307 e. The molecule has 0 aliphatic carbocycles. The number of nitrogens with zero attached hydrogens (tertiary/aromatic N) is 2. The first-order valence-electron chi connectivity index (χ1n) is 8.28. The molecule has 3 rings (SSSR count). The lowest BCUT2D eigenvalue weighted by Crippen LogP contribution is -2.05. The summed E-state index contributed by atoms with van der Waals surface area (Å²) < 4.78 is 0. The van der Waals surface area contributed by atoms with Gasteiger partial charge in [-0.25, -0.2) is 9.97 Å². The number of carboxylic acid groups (broad SMARTS) is 1. The number of hydrogen-bond acceptors (Lipinski definition) is 5. The third kappa shape index (κ3) is 5.12. The lowest BCUT2D eigenvalue weighted by atomic mass is 10.1. The third-order valence-electron chi connectivity index (χ3n) is 3.72. The van der Waals surface area contributed by atoms with Crippen molar-refractivity contribution in [1.82, 2.24) is 9.97 Å². The minimum absolute atomic E-state index is 0.0131. The average Bonchev–Trinajstić information content (AvgIpc) is 2.63. The summed E-state index contributed by atoms with van der Waals surface area (Å²) in [6, 6.07) is 16.3. The number of nitrogens with one attached hydrogen (secondary N) is 2. The zero-order valence-corrected chi connectivity index (χ0v) is 14.6. The maximum Gasteiger partial charge on any atom is 0.307 e. The number of anilines is 3. The quantitative estimate of drug-likeness (QED) is 0.620. The summed E-state index contributed by atoms with van der Waals surface area (Å²) >= 11 is 0. The summed E-state index contributed by atoms with van der Waals surface area (Å²) in [5.41, 5.74) is 3.85. The fourth-order valence-corrected chi connectivity index (χ4v) is 2.52. The fourth-order valence-electron chi connectivity index (χ4n) is 2.52. The van der Waals surface area contributed by atoms with Crippen LogP contribution in [0, 0.1) is 0 Å². The summed E-state index contributed by atoms with van der Waals surface area (Å²) in [5.74, 6) is -0.550. The monoisotopic (exact) mass is 362 g/mol. The van der Waals surface area contributed by atoms with Gasteiger partial charge in [-0.2, -0.15) is 0 Å². The van der Waals surface area contributed by atoms with E-state index in [2.05, 4.69) is 20.6 Å². The van der Waals surface area contributed by atoms with Crippen molar-refractivity contribution >= 4 is 29.2 Å². The van der Waals surface area contributed by atoms with Crippen molar-refractivity contribution in [2.75, 3.05) is 10.6 Å². The van der Waals surface area contributed by atoms with Crippen LogP contribution < -0.4 is 10.6 Å². The maximum atomic E-state index is 11.1. The van der Waals surface area contributed by atoms with E-state index in [1.54, 1.807) is 36.5 Å². The highest BCUT2D eigenvalue weighted by atomic mass is 16.4. The molecule has 0 saturated heterocycles. The van der Waals surface area contributed by atoms with Crippen molar-refractivity contribution in [2.24, 2.45) is 0 Å². The van der Waals surface area contributed by atoms with Crippen LogP contribution in [0.2, 0.25) is 0 Å². The molecule has 0 aliphatic heterocycles. The van der Waals surface area contributed by atoms with Crippen LogP contribution in [0.25, 0.3) is 11.3 Å². The van der Waals surface area contributed by atoms with Crippen molar-refractivity contribution in [3.8, 4) is 11.3 Å². The molecule has 1 heterocycles. The Morgan fingerprint density at radius 1 is 0.963 bits per heavy atom. The molecule has 7 nitrogen and oxygen atoms in total. The van der Waals surface area contributed by atoms with Gasteiger partial charge in [0.15, 0.2) is 0 Å². The zero-order valence-electron chi connectivity index (χ0n) is 14.6. The Morgan fingerprint density at radius 2 is 1.63 bits per heavy atom. The number of rotatable bonds is 6. The van der Waals surface area contributed by atoms with E-state index in [1.165, 1.54) is 6.92 Å². The summed E-state index contributed by atoms with van der Waals surface area (Å²) in [6.45, 7) is 1.46. The molecule has 0 unspecified atom stereocenters. The maximum absolute atomic E-state index is 11.1. The molecule has 0 radical (unpaired) electrons. The molecule has 0 fully saturated rings. The molecule has 1 aromatic heterocycles. The van der Waals surface area contributed by atoms with Crippen molar-refractivity contribution in [2.45, 2.75) is 13.3 Å². The topological polar surface area (TPSA) is 104 Å². The van der Waals surface area contributed by atoms with E-state index >= 15 is 0 Å². The second kappa shape index (κ2) is 8.09. The first-order chi connectivity index (χ1) is 13.0. The molecule has 2 aromatic carbocycles. The highest BCUT2D eigenvalue weighted by molar-refractivity contribution is 5.88. The Bertz CT molecular complexity index is 954. The molecule has 0 aliphatic rings. The molecule has 27 heavy (non-hydrogen) atoms. The zero-order chi connectivity index (χ0) is 19.2. The van der Waals surface area contributed by atoms with E-state index < -0.39 is 5.97 Å². The standard InChI is InChI=1S/C20H18N4O3/c1-13(25)22-16-8-4-15(5-9-16)18-10-11-21-20(24-18)23-17-6-2-14(3-7-17)12-19(26)27/h2-11H,12H2,1H3,(H,22,25)(H,26,27)(H,21,23,24). The van der Waals surface area contributed by atoms with Gasteiger partial charge in [0.05, 0.1) is 12.1 Å². The number of benzene rings is 2. The second-order valence-electron chi connectivity index (χ2n) is 5.92. The molecule has 1 amide bonds. The van der Waals surface area contributed by atoms with Crippen LogP contribution >= 0.6 is 0 Å². The Hall–Kier alpha value is -3.74. The molecule has 0 saturated carbocycles. The largest absolute Gasteiger partial charge is 0.481 e. The van der Waals surface area contributed by atoms with Crippen LogP contribution in [0.4, 0.5) is 17.3 Å². The van der Waals surface area contributed by atoms with E-state index in [-0.39, 0.29) is 12.3 Å². The van der Waals surface area contributed by atoms with Gasteiger partial charge in [0.1, 0.15) is 0 Å². The lowest BCUT2D eigenvalue weighted by molar-refractivity contribution is -0.136. The van der Waals surface area contributed by atoms with Gasteiger partial charge in [-0.3, -0.25) is 9.59 Å². The number of hydrogen-bond donors (Lipinski definition) is 3. The van der Waals surface area contributed by atoms with Gasteiger partial charge in [0, 0.05) is 30.1 Å². The molecule has 0 bridgehead atoms. The fraction of sp³-hybridized carbons (Fsp3) is 0.100. The number of carboxylic acids is 1. The van der Waals surface area contributed by atoms with E-state index in [0.717, 1.165) is 28.2 Å². The van der Waals surface area contributed by atoms with E-state index in [1.807, 2.05) is 24.3 Å². The van der Waals surface area contributed by atoms with Gasteiger partial charge in [-0.05, 0) is 35.9 Å². The molecule has 7 heteroatoms. The normalized spacial score (nSPS) is 10.3. The van der Waals surface area contributed by atoms with E-state index in [0.29, 0.717) is 5.95 Å². The molecule has 0 spiro atoms. The average molecular weight is 362 g/mol. The number of carbonyl (C=O) groups excluding carboxylic acids is 1. The van der Waals surface area contributed by atoms with Crippen LogP contribution in [0.3, 0.4) is 0 Å². The van der Waals surface area contributed by atoms with Crippen molar-refractivity contribution in [1.29, 1.82) is 0 Å². The molecule has 3 N–H and O–H groups in total. The summed E-state index contributed by atoms with van der Waals surface area (Å²) in [4.78, 5) is 30.5. The summed E-state index contributed by atoms with van der Waals surface area (Å²) in [6.07, 6.45) is 1.64. The highest BCUT2D eigenvalue weighted by Crippen LogP contribution is 2.21. The minimum atomic E-state index is -0.865. The predicted octanol–water partition coefficient (Wildman–Crippen LogP) is 3.47. The first-order valence-corrected chi connectivity index (χ1v) is 8.28. The number of carbonyl (C=O) groups is 2. The Morgan fingerprint density at radius 3 is 2.26 bits per heavy atom. The van der Waals surface area contributed by atoms with Gasteiger partial charge >= 0.3 is 5.97 Å². The second-order valence-corrected chi connectivity index (χ2v) is 5.92. The molecule has 3 aromatic rings. The van der Waals surface area contributed by atoms with Crippen LogP contribution in [0.5, 0.6) is 0 Å². The van der Waals surface area contributed by atoms with Crippen LogP contribution in [0.15, 0.2) is 60.8 Å². The van der Waals surface area contributed by atoms with Gasteiger partial charge < -0.3 is 15.7 Å². The van der Waals surface area contributed by atoms with Gasteiger partial charge in [-0.15, -0.1) is 0 Å². The van der Waals surface area contributed by atoms with Crippen molar-refractivity contribution < 1.29 is 14.7 Å². The van der Waals surface area contributed by atoms with E-state index in [4.69, 9.17) is 5.11 Å². The van der Waals surface area contributed by atoms with Crippen LogP contribution in [-0.2, 0) is 16.0 Å². The summed E-state index contributed by atoms with van der Waals surface area (Å²) in [5, 5.41) is 14.6. The summed E-state index contributed by atoms with van der Waals surface area (Å²) in [7, 11) is 0.